The highest BCUT2D eigenvalue weighted by Gasteiger charge is 2.60. The van der Waals surface area contributed by atoms with E-state index < -0.39 is 23.7 Å². The van der Waals surface area contributed by atoms with Gasteiger partial charge in [-0.05, 0) is 41.1 Å². The molecule has 222 valence electrons. The topological polar surface area (TPSA) is 67.9 Å². The largest absolute Gasteiger partial charge is 0.465 e. The standard InChI is InChI=1S/C37H34N2O4S/c1-2-42-35(40)34(38-33(28-17-8-4-9-18-28)29-19-10-5-11-20-29)37(43-26-30-21-14-24-44-30)31-22-12-13-23-32(31)39(36(37)41)25-27-15-6-3-7-16-27/h3-24,33-34,38H,2,25-26H2,1H3. The summed E-state index contributed by atoms with van der Waals surface area (Å²) in [5.74, 6) is -0.871. The third-order valence-corrected chi connectivity index (χ3v) is 8.74. The molecule has 0 radical (unpaired) electrons. The number of carbonyl (C=O) groups is 2. The lowest BCUT2D eigenvalue weighted by Crippen LogP contribution is -2.60. The van der Waals surface area contributed by atoms with Gasteiger partial charge in [-0.15, -0.1) is 11.3 Å². The van der Waals surface area contributed by atoms with Gasteiger partial charge in [0.25, 0.3) is 5.91 Å². The lowest BCUT2D eigenvalue weighted by atomic mass is 9.85. The Kier molecular flexibility index (Phi) is 8.98. The van der Waals surface area contributed by atoms with Gasteiger partial charge in [0.15, 0.2) is 5.60 Å². The number of anilines is 1. The van der Waals surface area contributed by atoms with Gasteiger partial charge in [0, 0.05) is 10.4 Å². The van der Waals surface area contributed by atoms with Gasteiger partial charge < -0.3 is 14.4 Å². The SMILES string of the molecule is CCOC(=O)C(NC(c1ccccc1)c1ccccc1)C1(OCc2cccs2)C(=O)N(Cc2ccccc2)c2ccccc21. The third kappa shape index (κ3) is 5.82. The molecule has 1 aliphatic heterocycles. The molecule has 7 heteroatoms. The summed E-state index contributed by atoms with van der Waals surface area (Å²) in [6, 6.07) is 39.6. The first-order valence-corrected chi connectivity index (χ1v) is 15.6. The Morgan fingerprint density at radius 2 is 1.43 bits per heavy atom. The van der Waals surface area contributed by atoms with Crippen LogP contribution in [0.2, 0.25) is 0 Å². The molecule has 2 atom stereocenters. The maximum atomic E-state index is 15.0. The van der Waals surface area contributed by atoms with E-state index in [2.05, 4.69) is 5.32 Å². The highest BCUT2D eigenvalue weighted by Crippen LogP contribution is 2.47. The summed E-state index contributed by atoms with van der Waals surface area (Å²) in [6.45, 7) is 2.40. The van der Waals surface area contributed by atoms with Gasteiger partial charge in [0.2, 0.25) is 0 Å². The molecule has 1 aromatic heterocycles. The van der Waals surface area contributed by atoms with Crippen molar-refractivity contribution in [1.29, 1.82) is 0 Å². The summed E-state index contributed by atoms with van der Waals surface area (Å²) < 4.78 is 12.5. The van der Waals surface area contributed by atoms with Crippen molar-refractivity contribution in [1.82, 2.24) is 5.32 Å². The molecule has 4 aromatic carbocycles. The summed E-state index contributed by atoms with van der Waals surface area (Å²) >= 11 is 1.54. The van der Waals surface area contributed by atoms with Gasteiger partial charge >= 0.3 is 5.97 Å². The molecule has 0 bridgehead atoms. The molecular weight excluding hydrogens is 568 g/mol. The molecule has 1 aliphatic rings. The number of nitrogens with one attached hydrogen (secondary N) is 1. The van der Waals surface area contributed by atoms with Crippen molar-refractivity contribution >= 4 is 28.9 Å². The van der Waals surface area contributed by atoms with Crippen LogP contribution >= 0.6 is 11.3 Å². The number of rotatable bonds is 12. The lowest BCUT2D eigenvalue weighted by Gasteiger charge is -2.38. The van der Waals surface area contributed by atoms with E-state index in [0.29, 0.717) is 17.8 Å². The fraction of sp³-hybridized carbons (Fsp3) is 0.189. The van der Waals surface area contributed by atoms with E-state index in [0.717, 1.165) is 21.6 Å². The normalized spacial score (nSPS) is 16.6. The number of para-hydroxylation sites is 1. The third-order valence-electron chi connectivity index (χ3n) is 7.89. The van der Waals surface area contributed by atoms with Crippen LogP contribution in [0.1, 0.15) is 40.1 Å². The van der Waals surface area contributed by atoms with Crippen LogP contribution in [0.15, 0.2) is 133 Å². The minimum atomic E-state index is -1.70. The quantitative estimate of drug-likeness (QED) is 0.156. The predicted octanol–water partition coefficient (Wildman–Crippen LogP) is 7.02. The lowest BCUT2D eigenvalue weighted by molar-refractivity contribution is -0.169. The first-order valence-electron chi connectivity index (χ1n) is 14.8. The number of nitrogens with zero attached hydrogens (tertiary/aromatic N) is 1. The van der Waals surface area contributed by atoms with Crippen molar-refractivity contribution in [2.75, 3.05) is 11.5 Å². The minimum absolute atomic E-state index is 0.149. The first kappa shape index (κ1) is 29.5. The molecule has 2 heterocycles. The monoisotopic (exact) mass is 602 g/mol. The molecule has 0 saturated heterocycles. The van der Waals surface area contributed by atoms with Gasteiger partial charge in [0.05, 0.1) is 31.5 Å². The van der Waals surface area contributed by atoms with E-state index in [1.54, 1.807) is 23.2 Å². The summed E-state index contributed by atoms with van der Waals surface area (Å²) in [7, 11) is 0. The van der Waals surface area contributed by atoms with Gasteiger partial charge in [-0.1, -0.05) is 115 Å². The molecular formula is C37H34N2O4S. The average molecular weight is 603 g/mol. The summed E-state index contributed by atoms with van der Waals surface area (Å²) in [5.41, 5.74) is 2.49. The van der Waals surface area contributed by atoms with Crippen molar-refractivity contribution < 1.29 is 19.1 Å². The van der Waals surface area contributed by atoms with Crippen LogP contribution in [0, 0.1) is 0 Å². The number of fused-ring (bicyclic) bond motifs is 1. The van der Waals surface area contributed by atoms with E-state index >= 15 is 4.79 Å². The summed E-state index contributed by atoms with van der Waals surface area (Å²) in [6.07, 6.45) is 0. The Balaban J connectivity index is 1.52. The van der Waals surface area contributed by atoms with E-state index in [4.69, 9.17) is 9.47 Å². The summed E-state index contributed by atoms with van der Waals surface area (Å²) in [4.78, 5) is 31.9. The van der Waals surface area contributed by atoms with Gasteiger partial charge in [-0.3, -0.25) is 14.9 Å². The molecule has 5 aromatic rings. The van der Waals surface area contributed by atoms with Crippen LogP contribution in [-0.2, 0) is 37.8 Å². The van der Waals surface area contributed by atoms with Crippen molar-refractivity contribution in [3.8, 4) is 0 Å². The number of ether oxygens (including phenoxy) is 2. The van der Waals surface area contributed by atoms with Crippen LogP contribution in [0.5, 0.6) is 0 Å². The number of benzene rings is 4. The van der Waals surface area contributed by atoms with Crippen LogP contribution in [0.4, 0.5) is 5.69 Å². The Morgan fingerprint density at radius 3 is 2.05 bits per heavy atom. The molecule has 6 rings (SSSR count). The Labute approximate surface area is 261 Å². The zero-order valence-corrected chi connectivity index (χ0v) is 25.3. The number of carbonyl (C=O) groups excluding carboxylic acids is 2. The minimum Gasteiger partial charge on any atom is -0.465 e. The Hall–Kier alpha value is -4.56. The molecule has 0 spiro atoms. The fourth-order valence-electron chi connectivity index (χ4n) is 5.87. The van der Waals surface area contributed by atoms with Crippen LogP contribution in [0.25, 0.3) is 0 Å². The average Bonchev–Trinajstić information content (AvgIpc) is 3.67. The molecule has 1 N–H and O–H groups in total. The zero-order valence-electron chi connectivity index (χ0n) is 24.5. The van der Waals surface area contributed by atoms with Gasteiger partial charge in [-0.25, -0.2) is 0 Å². The van der Waals surface area contributed by atoms with Gasteiger partial charge in [0.1, 0.15) is 6.04 Å². The highest BCUT2D eigenvalue weighted by atomic mass is 32.1. The zero-order chi connectivity index (χ0) is 30.4. The van der Waals surface area contributed by atoms with Crippen molar-refractivity contribution in [3.63, 3.8) is 0 Å². The van der Waals surface area contributed by atoms with E-state index in [1.165, 1.54) is 0 Å². The van der Waals surface area contributed by atoms with Gasteiger partial charge in [-0.2, -0.15) is 0 Å². The number of esters is 1. The Morgan fingerprint density at radius 1 is 0.818 bits per heavy atom. The smallest absolute Gasteiger partial charge is 0.327 e. The number of thiophene rings is 1. The van der Waals surface area contributed by atoms with Crippen LogP contribution < -0.4 is 10.2 Å². The Bertz CT molecular complexity index is 1640. The van der Waals surface area contributed by atoms with E-state index in [1.807, 2.05) is 133 Å². The molecule has 2 unspecified atom stereocenters. The second-order valence-electron chi connectivity index (χ2n) is 10.6. The second kappa shape index (κ2) is 13.4. The molecule has 6 nitrogen and oxygen atoms in total. The number of amides is 1. The fourth-order valence-corrected chi connectivity index (χ4v) is 6.49. The maximum absolute atomic E-state index is 15.0. The molecule has 0 saturated carbocycles. The maximum Gasteiger partial charge on any atom is 0.327 e. The molecule has 0 aliphatic carbocycles. The number of hydrogen-bond donors (Lipinski definition) is 1. The highest BCUT2D eigenvalue weighted by molar-refractivity contribution is 7.09. The first-order chi connectivity index (χ1) is 21.6. The van der Waals surface area contributed by atoms with Crippen molar-refractivity contribution in [3.05, 3.63) is 160 Å². The van der Waals surface area contributed by atoms with E-state index in [-0.39, 0.29) is 19.1 Å². The predicted molar refractivity (Wildman–Crippen MR) is 173 cm³/mol. The number of hydrogen-bond acceptors (Lipinski definition) is 6. The molecule has 1 amide bonds. The molecule has 44 heavy (non-hydrogen) atoms. The van der Waals surface area contributed by atoms with Crippen LogP contribution in [-0.4, -0.2) is 24.5 Å². The summed E-state index contributed by atoms with van der Waals surface area (Å²) in [5, 5.41) is 5.57. The molecule has 0 fully saturated rings. The van der Waals surface area contributed by atoms with E-state index in [9.17, 15) is 4.79 Å². The van der Waals surface area contributed by atoms with Crippen molar-refractivity contribution in [2.24, 2.45) is 0 Å². The van der Waals surface area contributed by atoms with Crippen molar-refractivity contribution in [2.45, 2.75) is 37.8 Å². The second-order valence-corrected chi connectivity index (χ2v) is 11.6. The van der Waals surface area contributed by atoms with Crippen LogP contribution in [0.3, 0.4) is 0 Å².